The zero-order valence-electron chi connectivity index (χ0n) is 18.5. The lowest BCUT2D eigenvalue weighted by atomic mass is 9.86. The number of amides is 1. The zero-order chi connectivity index (χ0) is 22.8. The second kappa shape index (κ2) is 9.13. The van der Waals surface area contributed by atoms with Crippen LogP contribution in [-0.4, -0.2) is 19.1 Å². The van der Waals surface area contributed by atoms with Gasteiger partial charge in [0.25, 0.3) is 0 Å². The van der Waals surface area contributed by atoms with Gasteiger partial charge in [-0.1, -0.05) is 30.7 Å². The largest absolute Gasteiger partial charge is 0.493 e. The first-order valence-electron chi connectivity index (χ1n) is 10.7. The molecule has 6 heteroatoms. The van der Waals surface area contributed by atoms with Gasteiger partial charge in [-0.3, -0.25) is 4.79 Å². The van der Waals surface area contributed by atoms with E-state index >= 15 is 0 Å². The Kier molecular flexibility index (Phi) is 6.28. The molecule has 32 heavy (non-hydrogen) atoms. The number of carbonyl (C=O) groups excluding carboxylic acids is 1. The molecule has 1 heterocycles. The lowest BCUT2D eigenvalue weighted by Crippen LogP contribution is -2.41. The molecular weight excluding hydrogens is 424 g/mol. The Morgan fingerprint density at radius 3 is 2.41 bits per heavy atom. The standard InChI is InChI=1S/C26H27ClN2O3/c1-4-16(2)32-24-15-22-18(13-23(24)31-3)14-25(30)29(21-11-9-20(28)10-12-21)26(22)17-5-7-19(27)8-6-17/h5-13,15-16,26H,4,14,28H2,1-3H3/t16-,26?/m1/s1. The van der Waals surface area contributed by atoms with Gasteiger partial charge in [0.15, 0.2) is 11.5 Å². The van der Waals surface area contributed by atoms with Gasteiger partial charge in [-0.05, 0) is 78.6 Å². The van der Waals surface area contributed by atoms with Crippen molar-refractivity contribution < 1.29 is 14.3 Å². The van der Waals surface area contributed by atoms with E-state index in [1.807, 2.05) is 72.5 Å². The van der Waals surface area contributed by atoms with Crippen LogP contribution in [0.3, 0.4) is 0 Å². The quantitative estimate of drug-likeness (QED) is 0.483. The van der Waals surface area contributed by atoms with E-state index in [0.29, 0.717) is 22.2 Å². The first-order chi connectivity index (χ1) is 15.4. The minimum absolute atomic E-state index is 0.000121. The minimum Gasteiger partial charge on any atom is -0.493 e. The third kappa shape index (κ3) is 4.26. The fourth-order valence-corrected chi connectivity index (χ4v) is 4.14. The molecule has 1 aliphatic rings. The number of nitrogen functional groups attached to an aromatic ring is 1. The fourth-order valence-electron chi connectivity index (χ4n) is 4.01. The van der Waals surface area contributed by atoms with E-state index in [0.717, 1.165) is 28.8 Å². The van der Waals surface area contributed by atoms with Crippen LogP contribution in [0.25, 0.3) is 0 Å². The molecule has 0 bridgehead atoms. The van der Waals surface area contributed by atoms with Crippen molar-refractivity contribution in [1.82, 2.24) is 0 Å². The van der Waals surface area contributed by atoms with E-state index in [1.54, 1.807) is 7.11 Å². The number of anilines is 2. The fraction of sp³-hybridized carbons (Fsp3) is 0.269. The molecule has 2 N–H and O–H groups in total. The van der Waals surface area contributed by atoms with Crippen molar-refractivity contribution in [2.24, 2.45) is 0 Å². The second-order valence-electron chi connectivity index (χ2n) is 8.02. The lowest BCUT2D eigenvalue weighted by molar-refractivity contribution is -0.118. The van der Waals surface area contributed by atoms with Crippen molar-refractivity contribution in [2.75, 3.05) is 17.7 Å². The summed E-state index contributed by atoms with van der Waals surface area (Å²) in [5.41, 5.74) is 10.2. The summed E-state index contributed by atoms with van der Waals surface area (Å²) < 4.78 is 11.8. The number of fused-ring (bicyclic) bond motifs is 1. The van der Waals surface area contributed by atoms with E-state index in [9.17, 15) is 4.79 Å². The Balaban J connectivity index is 1.90. The van der Waals surface area contributed by atoms with Gasteiger partial charge in [0.2, 0.25) is 5.91 Å². The Labute approximate surface area is 193 Å². The summed E-state index contributed by atoms with van der Waals surface area (Å²) >= 11 is 6.16. The Morgan fingerprint density at radius 1 is 1.09 bits per heavy atom. The highest BCUT2D eigenvalue weighted by molar-refractivity contribution is 6.30. The van der Waals surface area contributed by atoms with Gasteiger partial charge in [0.1, 0.15) is 0 Å². The number of nitrogens with two attached hydrogens (primary N) is 1. The monoisotopic (exact) mass is 450 g/mol. The molecule has 0 saturated heterocycles. The van der Waals surface area contributed by atoms with E-state index in [4.69, 9.17) is 26.8 Å². The maximum atomic E-state index is 13.4. The Morgan fingerprint density at radius 2 is 1.78 bits per heavy atom. The van der Waals surface area contributed by atoms with E-state index in [-0.39, 0.29) is 24.5 Å². The molecule has 1 unspecified atom stereocenters. The van der Waals surface area contributed by atoms with Crippen LogP contribution in [0.5, 0.6) is 11.5 Å². The molecule has 1 aliphatic heterocycles. The van der Waals surface area contributed by atoms with Crippen LogP contribution in [-0.2, 0) is 11.2 Å². The molecule has 0 aliphatic carbocycles. The molecule has 0 saturated carbocycles. The van der Waals surface area contributed by atoms with Crippen molar-refractivity contribution in [3.63, 3.8) is 0 Å². The molecule has 166 valence electrons. The molecule has 0 fully saturated rings. The van der Waals surface area contributed by atoms with Gasteiger partial charge in [0.05, 0.1) is 25.7 Å². The molecule has 0 spiro atoms. The van der Waals surface area contributed by atoms with Crippen molar-refractivity contribution in [3.8, 4) is 11.5 Å². The van der Waals surface area contributed by atoms with E-state index in [1.165, 1.54) is 0 Å². The highest BCUT2D eigenvalue weighted by Gasteiger charge is 2.36. The minimum atomic E-state index is -0.336. The Bertz CT molecular complexity index is 1110. The summed E-state index contributed by atoms with van der Waals surface area (Å²) in [4.78, 5) is 15.2. The number of hydrogen-bond acceptors (Lipinski definition) is 4. The Hall–Kier alpha value is -3.18. The number of methoxy groups -OCH3 is 1. The van der Waals surface area contributed by atoms with Crippen molar-refractivity contribution in [1.29, 1.82) is 0 Å². The predicted octanol–water partition coefficient (Wildman–Crippen LogP) is 5.79. The van der Waals surface area contributed by atoms with Gasteiger partial charge >= 0.3 is 0 Å². The highest BCUT2D eigenvalue weighted by Crippen LogP contribution is 2.43. The third-order valence-electron chi connectivity index (χ3n) is 5.85. The molecule has 3 aromatic rings. The normalized spacial score (nSPS) is 16.4. The number of hydrogen-bond donors (Lipinski definition) is 1. The topological polar surface area (TPSA) is 64.8 Å². The maximum Gasteiger partial charge on any atom is 0.232 e. The van der Waals surface area contributed by atoms with Crippen LogP contribution in [0, 0.1) is 0 Å². The molecule has 0 aromatic heterocycles. The smallest absolute Gasteiger partial charge is 0.232 e. The van der Waals surface area contributed by atoms with Crippen molar-refractivity contribution in [3.05, 3.63) is 82.4 Å². The summed E-state index contributed by atoms with van der Waals surface area (Å²) in [6.07, 6.45) is 1.18. The summed E-state index contributed by atoms with van der Waals surface area (Å²) in [5, 5.41) is 0.644. The lowest BCUT2D eigenvalue weighted by Gasteiger charge is -2.38. The van der Waals surface area contributed by atoms with E-state index in [2.05, 4.69) is 6.92 Å². The molecule has 5 nitrogen and oxygen atoms in total. The number of benzene rings is 3. The summed E-state index contributed by atoms with van der Waals surface area (Å²) in [5.74, 6) is 1.30. The average Bonchev–Trinajstić information content (AvgIpc) is 2.79. The van der Waals surface area contributed by atoms with Crippen LogP contribution in [0.4, 0.5) is 11.4 Å². The number of rotatable bonds is 6. The number of halogens is 1. The molecule has 4 rings (SSSR count). The van der Waals surface area contributed by atoms with Crippen molar-refractivity contribution >= 4 is 28.9 Å². The first kappa shape index (κ1) is 22.0. The number of nitrogens with zero attached hydrogens (tertiary/aromatic N) is 1. The zero-order valence-corrected chi connectivity index (χ0v) is 19.2. The molecule has 0 radical (unpaired) electrons. The van der Waals surface area contributed by atoms with Gasteiger partial charge < -0.3 is 20.1 Å². The van der Waals surface area contributed by atoms with Gasteiger partial charge in [0, 0.05) is 16.4 Å². The molecule has 3 aromatic carbocycles. The van der Waals surface area contributed by atoms with Crippen molar-refractivity contribution in [2.45, 2.75) is 38.8 Å². The van der Waals surface area contributed by atoms with Crippen LogP contribution in [0.1, 0.15) is 43.0 Å². The molecule has 1 amide bonds. The van der Waals surface area contributed by atoms with E-state index < -0.39 is 0 Å². The SMILES string of the molecule is CC[C@@H](C)Oc1cc2c(cc1OC)CC(=O)N(c1ccc(N)cc1)C2c1ccc(Cl)cc1. The predicted molar refractivity (Wildman–Crippen MR) is 129 cm³/mol. The number of carbonyl (C=O) groups is 1. The van der Waals surface area contributed by atoms with Gasteiger partial charge in [-0.2, -0.15) is 0 Å². The number of ether oxygens (including phenoxy) is 2. The van der Waals surface area contributed by atoms with Crippen LogP contribution in [0.2, 0.25) is 5.02 Å². The highest BCUT2D eigenvalue weighted by atomic mass is 35.5. The van der Waals surface area contributed by atoms with Gasteiger partial charge in [-0.15, -0.1) is 0 Å². The summed E-state index contributed by atoms with van der Waals surface area (Å²) in [6.45, 7) is 4.10. The maximum absolute atomic E-state index is 13.4. The molecular formula is C26H27ClN2O3. The van der Waals surface area contributed by atoms with Crippen LogP contribution in [0.15, 0.2) is 60.7 Å². The van der Waals surface area contributed by atoms with Crippen LogP contribution < -0.4 is 20.1 Å². The van der Waals surface area contributed by atoms with Crippen LogP contribution >= 0.6 is 11.6 Å². The third-order valence-corrected chi connectivity index (χ3v) is 6.10. The van der Waals surface area contributed by atoms with Gasteiger partial charge in [-0.25, -0.2) is 0 Å². The first-order valence-corrected chi connectivity index (χ1v) is 11.1. The average molecular weight is 451 g/mol. The molecule has 2 atom stereocenters. The summed E-state index contributed by atoms with van der Waals surface area (Å²) in [7, 11) is 1.62. The summed E-state index contributed by atoms with van der Waals surface area (Å²) in [6, 6.07) is 18.6. The second-order valence-corrected chi connectivity index (χ2v) is 8.46.